The minimum absolute atomic E-state index is 0.0518. The number of aryl methyl sites for hydroxylation is 4. The lowest BCUT2D eigenvalue weighted by Gasteiger charge is -2.19. The molecular formula is C90H106IN5O20. The third kappa shape index (κ3) is 38.6. The number of fused-ring (bicyclic) bond motifs is 3. The van der Waals surface area contributed by atoms with Gasteiger partial charge >= 0.3 is 60.2 Å². The molecule has 116 heavy (non-hydrogen) atoms. The number of halogens is 1. The first kappa shape index (κ1) is 96.3. The Bertz CT molecular complexity index is 4480. The number of amides is 4. The van der Waals surface area contributed by atoms with Crippen LogP contribution in [0.5, 0.6) is 0 Å². The Morgan fingerprint density at radius 2 is 0.681 bits per heavy atom. The Kier molecular flexibility index (Phi) is 41.7. The number of methoxy groups -OCH3 is 3. The van der Waals surface area contributed by atoms with Crippen molar-refractivity contribution in [3.8, 4) is 23.0 Å². The quantitative estimate of drug-likeness (QED) is 0.00915. The van der Waals surface area contributed by atoms with E-state index in [2.05, 4.69) is 94.2 Å². The van der Waals surface area contributed by atoms with Crippen molar-refractivity contribution in [1.29, 1.82) is 0 Å². The molecule has 0 aliphatic heterocycles. The highest BCUT2D eigenvalue weighted by atomic mass is 127. The molecule has 0 unspecified atom stereocenters. The number of carboxylic acids is 3. The Morgan fingerprint density at radius 1 is 0.388 bits per heavy atom. The number of esters is 3. The minimum atomic E-state index is -0.932. The third-order valence-electron chi connectivity index (χ3n) is 16.0. The van der Waals surface area contributed by atoms with Crippen LogP contribution in [0.4, 0.5) is 19.2 Å². The molecule has 618 valence electrons. The number of carbonyl (C=O) groups excluding carboxylic acids is 7. The highest BCUT2D eigenvalue weighted by molar-refractivity contribution is 14.1. The first-order valence-electron chi connectivity index (χ1n) is 37.4. The number of rotatable bonds is 24. The summed E-state index contributed by atoms with van der Waals surface area (Å²) in [5.41, 5.74) is 16.2. The summed E-state index contributed by atoms with van der Waals surface area (Å²) in [6.45, 7) is 19.0. The molecule has 0 aromatic heterocycles. The smallest absolute Gasteiger partial charge is 0.408 e. The Morgan fingerprint density at radius 3 is 1.00 bits per heavy atom. The lowest BCUT2D eigenvalue weighted by Crippen LogP contribution is -2.33. The van der Waals surface area contributed by atoms with Crippen LogP contribution in [0.25, 0.3) is 11.1 Å². The average molecular weight is 1700 g/mol. The number of nitrogens with one attached hydrogen (secondary N) is 4. The number of carboxylic acid groups (broad SMARTS) is 3. The van der Waals surface area contributed by atoms with E-state index in [-0.39, 0.29) is 41.5 Å². The second-order valence-electron chi connectivity index (χ2n) is 28.7. The summed E-state index contributed by atoms with van der Waals surface area (Å²) in [6, 6.07) is 58.1. The fourth-order valence-corrected chi connectivity index (χ4v) is 10.8. The minimum Gasteiger partial charge on any atom is -0.478 e. The lowest BCUT2D eigenvalue weighted by atomic mass is 9.98. The van der Waals surface area contributed by atoms with Crippen LogP contribution in [0.1, 0.15) is 195 Å². The highest BCUT2D eigenvalue weighted by Crippen LogP contribution is 2.44. The van der Waals surface area contributed by atoms with Crippen molar-refractivity contribution in [2.45, 2.75) is 136 Å². The molecule has 9 N–H and O–H groups in total. The van der Waals surface area contributed by atoms with Crippen LogP contribution in [0.2, 0.25) is 0 Å². The molecule has 0 atom stereocenters. The van der Waals surface area contributed by atoms with E-state index in [1.807, 2.05) is 102 Å². The molecule has 0 heterocycles. The molecule has 0 spiro atoms. The number of hydrogen-bond donors (Lipinski definition) is 8. The molecule has 26 heteroatoms. The van der Waals surface area contributed by atoms with Gasteiger partial charge in [-0.3, -0.25) is 0 Å². The summed E-state index contributed by atoms with van der Waals surface area (Å²) in [6.07, 6.45) is 4.77. The van der Waals surface area contributed by atoms with Crippen LogP contribution in [0.3, 0.4) is 0 Å². The Balaban J connectivity index is 0.000000301. The van der Waals surface area contributed by atoms with Gasteiger partial charge in [0.1, 0.15) is 23.4 Å². The molecular weight excluding hydrogens is 1600 g/mol. The van der Waals surface area contributed by atoms with Gasteiger partial charge in [0.15, 0.2) is 0 Å². The monoisotopic (exact) mass is 1700 g/mol. The number of alkyl carbamates (subject to hydrolysis) is 4. The van der Waals surface area contributed by atoms with Gasteiger partial charge in [0.2, 0.25) is 0 Å². The van der Waals surface area contributed by atoms with Gasteiger partial charge in [-0.15, -0.1) is 0 Å². The van der Waals surface area contributed by atoms with E-state index >= 15 is 0 Å². The number of aromatic carboxylic acids is 3. The summed E-state index contributed by atoms with van der Waals surface area (Å²) in [7, 11) is 4.07. The van der Waals surface area contributed by atoms with Crippen molar-refractivity contribution >= 4 is 82.8 Å². The van der Waals surface area contributed by atoms with Crippen LogP contribution in [-0.4, -0.2) is 153 Å². The molecule has 1 aliphatic carbocycles. The zero-order chi connectivity index (χ0) is 85.8. The lowest BCUT2D eigenvalue weighted by molar-refractivity contribution is 0.0515. The van der Waals surface area contributed by atoms with Crippen LogP contribution in [-0.2, 0) is 58.8 Å². The van der Waals surface area contributed by atoms with E-state index in [4.69, 9.17) is 40.0 Å². The summed E-state index contributed by atoms with van der Waals surface area (Å²) < 4.78 is 35.7. The van der Waals surface area contributed by atoms with Gasteiger partial charge in [0, 0.05) is 34.7 Å². The first-order valence-corrected chi connectivity index (χ1v) is 38.4. The van der Waals surface area contributed by atoms with E-state index in [9.17, 15) is 47.9 Å². The standard InChI is InChI=1S/C25H23NO4.C16H23NO4.C16H19NO4.C15H21NO4.C10H13NO2.C8H7IO2/c27-24(28)18-13-11-17(12-14-18)6-5-15-26-25(29)30-16-23-21-9-3-1-7-19(21)20-8-2-4-10-22(20)23;2*1-16(2,3)21-15(19)17-11-5-6-12-7-9-13(10-8-12)14(18)20-4;1-15(2,3)20-14(19)16-10-4-5-11-6-8-12(9-7-11)13(17)18;11-7-1-2-8-3-5-9(6-4-8)10(12)13;1-11-8(10)6-2-4-7(9)5-3-6/h1-4,7-14,23H,5-6,15-16H2,(H,26,29)(H,27,28);7-10H,5-6,11H2,1-4H3,(H,17,19);7-10H,11H2,1-4H3,(H,17,19);6-9H,4-5,10H2,1-3H3,(H,16,19)(H,17,18);3-6H,1-2,7,11H2,(H,12,13);2-5H,1H3. The van der Waals surface area contributed by atoms with Crippen LogP contribution >= 0.6 is 22.6 Å². The van der Waals surface area contributed by atoms with Gasteiger partial charge in [0.05, 0.1) is 61.3 Å². The maximum atomic E-state index is 12.2. The number of nitrogens with two attached hydrogens (primary N) is 1. The van der Waals surface area contributed by atoms with Gasteiger partial charge in [-0.05, 0) is 284 Å². The number of carbonyl (C=O) groups is 10. The third-order valence-corrected chi connectivity index (χ3v) is 16.8. The van der Waals surface area contributed by atoms with Gasteiger partial charge < -0.3 is 75.5 Å². The average Bonchev–Trinajstić information content (AvgIpc) is 1.62. The summed E-state index contributed by atoms with van der Waals surface area (Å²) in [5, 5.41) is 37.1. The van der Waals surface area contributed by atoms with Gasteiger partial charge in [0.25, 0.3) is 0 Å². The van der Waals surface area contributed by atoms with Crippen LogP contribution < -0.4 is 27.0 Å². The molecule has 0 saturated carbocycles. The van der Waals surface area contributed by atoms with Crippen molar-refractivity contribution in [2.24, 2.45) is 5.73 Å². The SMILES string of the molecule is CC(C)(C)OC(=O)NCCCc1ccc(C(=O)O)cc1.COC(=O)c1ccc(C#CCNC(=O)OC(C)(C)C)cc1.COC(=O)c1ccc(CCCNC(=O)OC(C)(C)C)cc1.COC(=O)c1ccc(I)cc1.NCCCc1ccc(C(=O)O)cc1.O=C(NCCCc1ccc(C(=O)O)cc1)OCC1c2ccccc2-c2ccccc21. The second-order valence-corrected chi connectivity index (χ2v) is 30.0. The summed E-state index contributed by atoms with van der Waals surface area (Å²) in [5.74, 6) is 1.97. The highest BCUT2D eigenvalue weighted by Gasteiger charge is 2.29. The summed E-state index contributed by atoms with van der Waals surface area (Å²) >= 11 is 2.18. The predicted molar refractivity (Wildman–Crippen MR) is 451 cm³/mol. The van der Waals surface area contributed by atoms with Crippen LogP contribution in [0, 0.1) is 15.4 Å². The van der Waals surface area contributed by atoms with Crippen molar-refractivity contribution in [3.05, 3.63) is 270 Å². The van der Waals surface area contributed by atoms with E-state index in [0.29, 0.717) is 55.0 Å². The van der Waals surface area contributed by atoms with E-state index in [1.54, 1.807) is 130 Å². The molecule has 0 radical (unpaired) electrons. The van der Waals surface area contributed by atoms with E-state index < -0.39 is 59.1 Å². The zero-order valence-corrected chi connectivity index (χ0v) is 69.8. The first-order chi connectivity index (χ1) is 55.0. The molecule has 25 nitrogen and oxygen atoms in total. The fourth-order valence-electron chi connectivity index (χ4n) is 10.5. The van der Waals surface area contributed by atoms with E-state index in [0.717, 1.165) is 82.8 Å². The number of hydrogen-bond acceptors (Lipinski definition) is 18. The Hall–Kier alpha value is -12.1. The zero-order valence-electron chi connectivity index (χ0n) is 67.7. The largest absolute Gasteiger partial charge is 0.478 e. The van der Waals surface area contributed by atoms with Crippen molar-refractivity contribution in [3.63, 3.8) is 0 Å². The molecule has 8 aromatic rings. The fraction of sp³-hybridized carbons (Fsp3) is 0.333. The predicted octanol–water partition coefficient (Wildman–Crippen LogP) is 16.3. The van der Waals surface area contributed by atoms with Crippen molar-refractivity contribution in [2.75, 3.05) is 60.7 Å². The maximum absolute atomic E-state index is 12.2. The summed E-state index contributed by atoms with van der Waals surface area (Å²) in [4.78, 5) is 112. The number of ether oxygens (including phenoxy) is 7. The molecule has 0 bridgehead atoms. The molecule has 1 aliphatic rings. The van der Waals surface area contributed by atoms with E-state index in [1.165, 1.54) is 43.6 Å². The molecule has 0 saturated heterocycles. The van der Waals surface area contributed by atoms with Gasteiger partial charge in [-0.25, -0.2) is 47.9 Å². The molecule has 9 rings (SSSR count). The van der Waals surface area contributed by atoms with Gasteiger partial charge in [-0.2, -0.15) is 0 Å². The van der Waals surface area contributed by atoms with Gasteiger partial charge in [-0.1, -0.05) is 109 Å². The van der Waals surface area contributed by atoms with Crippen LogP contribution in [0.15, 0.2) is 194 Å². The Labute approximate surface area is 692 Å². The number of benzene rings is 8. The molecule has 0 fully saturated rings. The maximum Gasteiger partial charge on any atom is 0.408 e. The molecule has 4 amide bonds. The molecule has 8 aromatic carbocycles. The normalized spacial score (nSPS) is 10.8. The second kappa shape index (κ2) is 50.2. The van der Waals surface area contributed by atoms with Crippen molar-refractivity contribution < 1.29 is 96.4 Å². The topological polar surface area (TPSA) is 370 Å². The van der Waals surface area contributed by atoms with Crippen molar-refractivity contribution in [1.82, 2.24) is 21.3 Å².